The van der Waals surface area contributed by atoms with E-state index < -0.39 is 34.5 Å². The number of anilines is 1. The maximum absolute atomic E-state index is 12.9. The second-order valence-electron chi connectivity index (χ2n) is 6.52. The summed E-state index contributed by atoms with van der Waals surface area (Å²) in [5.74, 6) is -1.36. The highest BCUT2D eigenvalue weighted by molar-refractivity contribution is 7.89. The zero-order chi connectivity index (χ0) is 21.0. The molecule has 0 aliphatic carbocycles. The molecule has 0 bridgehead atoms. The molecule has 1 amide bonds. The summed E-state index contributed by atoms with van der Waals surface area (Å²) in [6, 6.07) is 8.95. The molecule has 1 aliphatic rings. The number of carbonyl (C=O) groups excluding carboxylic acids is 2. The van der Waals surface area contributed by atoms with E-state index in [0.29, 0.717) is 23.4 Å². The number of carbonyl (C=O) groups is 2. The van der Waals surface area contributed by atoms with E-state index >= 15 is 0 Å². The Balaban J connectivity index is 1.63. The van der Waals surface area contributed by atoms with Crippen LogP contribution in [0.2, 0.25) is 0 Å². The molecule has 1 fully saturated rings. The molecule has 2 heterocycles. The van der Waals surface area contributed by atoms with E-state index in [1.54, 1.807) is 23.6 Å². The van der Waals surface area contributed by atoms with Gasteiger partial charge in [-0.15, -0.1) is 11.3 Å². The summed E-state index contributed by atoms with van der Waals surface area (Å²) in [5.41, 5.74) is 1.25. The number of sulfonamides is 1. The van der Waals surface area contributed by atoms with E-state index in [1.807, 2.05) is 13.0 Å². The molecule has 1 N–H and O–H groups in total. The molecule has 10 heteroatoms. The van der Waals surface area contributed by atoms with Crippen LogP contribution in [0, 0.1) is 18.3 Å². The third kappa shape index (κ3) is 4.64. The van der Waals surface area contributed by atoms with Gasteiger partial charge in [0, 0.05) is 6.54 Å². The molecule has 0 radical (unpaired) electrons. The van der Waals surface area contributed by atoms with Gasteiger partial charge in [0.15, 0.2) is 6.61 Å². The number of amides is 1. The Morgan fingerprint density at radius 2 is 2.03 bits per heavy atom. The average Bonchev–Trinajstić information content (AvgIpc) is 3.36. The summed E-state index contributed by atoms with van der Waals surface area (Å²) in [6.07, 6.45) is 0.854. The molecule has 3 rings (SSSR count). The predicted molar refractivity (Wildman–Crippen MR) is 107 cm³/mol. The Kier molecular flexibility index (Phi) is 6.32. The molecular weight excluding hydrogens is 414 g/mol. The number of hydrogen-bond acceptors (Lipinski definition) is 7. The molecular formula is C19H19N3O5S2. The van der Waals surface area contributed by atoms with E-state index in [4.69, 9.17) is 10.00 Å². The fraction of sp³-hybridized carbons (Fsp3) is 0.316. The molecule has 2 aromatic rings. The van der Waals surface area contributed by atoms with Crippen LogP contribution in [0.1, 0.15) is 24.0 Å². The van der Waals surface area contributed by atoms with Crippen molar-refractivity contribution in [3.05, 3.63) is 46.8 Å². The predicted octanol–water partition coefficient (Wildman–Crippen LogP) is 2.26. The molecule has 1 atom stereocenters. The molecule has 0 spiro atoms. The van der Waals surface area contributed by atoms with Gasteiger partial charge in [0.1, 0.15) is 17.1 Å². The fourth-order valence-electron chi connectivity index (χ4n) is 3.00. The molecule has 152 valence electrons. The second-order valence-corrected chi connectivity index (χ2v) is 9.32. The molecule has 1 aromatic heterocycles. The van der Waals surface area contributed by atoms with Gasteiger partial charge in [-0.2, -0.15) is 9.57 Å². The van der Waals surface area contributed by atoms with Crippen LogP contribution < -0.4 is 5.32 Å². The SMILES string of the molecule is Cc1ccc(S(=O)(=O)N2CCCC2C(=O)OCC(=O)Nc2sccc2C#N)cc1. The molecule has 1 aliphatic heterocycles. The zero-order valence-corrected chi connectivity index (χ0v) is 17.3. The third-order valence-electron chi connectivity index (χ3n) is 4.49. The minimum absolute atomic E-state index is 0.113. The Labute approximate surface area is 172 Å². The van der Waals surface area contributed by atoms with Gasteiger partial charge in [-0.1, -0.05) is 17.7 Å². The average molecular weight is 434 g/mol. The summed E-state index contributed by atoms with van der Waals surface area (Å²) < 4.78 is 32.0. The standard InChI is InChI=1S/C19H19N3O5S2/c1-13-4-6-15(7-5-13)29(25,26)22-9-2-3-16(22)19(24)27-12-17(23)21-18-14(11-20)8-10-28-18/h4-8,10,16H,2-3,9,12H2,1H3,(H,21,23). The van der Waals surface area contributed by atoms with Crippen LogP contribution in [0.25, 0.3) is 0 Å². The number of aryl methyl sites for hydroxylation is 1. The van der Waals surface area contributed by atoms with Crippen LogP contribution in [0.5, 0.6) is 0 Å². The molecule has 1 unspecified atom stereocenters. The summed E-state index contributed by atoms with van der Waals surface area (Å²) in [4.78, 5) is 24.6. The maximum Gasteiger partial charge on any atom is 0.324 e. The highest BCUT2D eigenvalue weighted by Crippen LogP contribution is 2.27. The van der Waals surface area contributed by atoms with Gasteiger partial charge in [0.05, 0.1) is 10.5 Å². The lowest BCUT2D eigenvalue weighted by atomic mass is 10.2. The zero-order valence-electron chi connectivity index (χ0n) is 15.6. The Bertz CT molecular complexity index is 1050. The van der Waals surface area contributed by atoms with Crippen molar-refractivity contribution in [1.29, 1.82) is 5.26 Å². The van der Waals surface area contributed by atoms with Crippen molar-refractivity contribution in [2.75, 3.05) is 18.5 Å². The number of rotatable bonds is 6. The lowest BCUT2D eigenvalue weighted by Crippen LogP contribution is -2.42. The van der Waals surface area contributed by atoms with Crippen molar-refractivity contribution in [1.82, 2.24) is 4.31 Å². The van der Waals surface area contributed by atoms with Gasteiger partial charge in [-0.05, 0) is 43.3 Å². The van der Waals surface area contributed by atoms with Crippen LogP contribution in [0.15, 0.2) is 40.6 Å². The van der Waals surface area contributed by atoms with Crippen molar-refractivity contribution in [3.8, 4) is 6.07 Å². The van der Waals surface area contributed by atoms with Crippen LogP contribution in [-0.4, -0.2) is 43.8 Å². The molecule has 29 heavy (non-hydrogen) atoms. The van der Waals surface area contributed by atoms with Gasteiger partial charge in [0.2, 0.25) is 10.0 Å². The van der Waals surface area contributed by atoms with Crippen molar-refractivity contribution in [2.24, 2.45) is 0 Å². The topological polar surface area (TPSA) is 117 Å². The van der Waals surface area contributed by atoms with Crippen LogP contribution in [-0.2, 0) is 24.3 Å². The first kappa shape index (κ1) is 21.0. The van der Waals surface area contributed by atoms with Gasteiger partial charge in [-0.3, -0.25) is 9.59 Å². The quantitative estimate of drug-likeness (QED) is 0.699. The first-order valence-electron chi connectivity index (χ1n) is 8.85. The van der Waals surface area contributed by atoms with Gasteiger partial charge in [0.25, 0.3) is 5.91 Å². The number of nitriles is 1. The monoisotopic (exact) mass is 433 g/mol. The maximum atomic E-state index is 12.9. The van der Waals surface area contributed by atoms with Crippen LogP contribution >= 0.6 is 11.3 Å². The summed E-state index contributed by atoms with van der Waals surface area (Å²) in [6.45, 7) is 1.51. The number of esters is 1. The highest BCUT2D eigenvalue weighted by atomic mass is 32.2. The van der Waals surface area contributed by atoms with Crippen LogP contribution in [0.4, 0.5) is 5.00 Å². The lowest BCUT2D eigenvalue weighted by molar-refractivity contribution is -0.150. The first-order chi connectivity index (χ1) is 13.8. The van der Waals surface area contributed by atoms with E-state index in [0.717, 1.165) is 9.87 Å². The summed E-state index contributed by atoms with van der Waals surface area (Å²) >= 11 is 1.18. The van der Waals surface area contributed by atoms with Gasteiger partial charge >= 0.3 is 5.97 Å². The number of nitrogens with one attached hydrogen (secondary N) is 1. The number of nitrogens with zero attached hydrogens (tertiary/aromatic N) is 2. The van der Waals surface area contributed by atoms with Crippen molar-refractivity contribution in [3.63, 3.8) is 0 Å². The molecule has 8 nitrogen and oxygen atoms in total. The van der Waals surface area contributed by atoms with Gasteiger partial charge in [-0.25, -0.2) is 8.42 Å². The van der Waals surface area contributed by atoms with E-state index in [-0.39, 0.29) is 11.4 Å². The van der Waals surface area contributed by atoms with Gasteiger partial charge < -0.3 is 10.1 Å². The molecule has 0 saturated carbocycles. The number of thiophene rings is 1. The van der Waals surface area contributed by atoms with Crippen molar-refractivity contribution in [2.45, 2.75) is 30.7 Å². The minimum atomic E-state index is -3.84. The van der Waals surface area contributed by atoms with Crippen molar-refractivity contribution < 1.29 is 22.7 Å². The fourth-order valence-corrected chi connectivity index (χ4v) is 5.40. The minimum Gasteiger partial charge on any atom is -0.454 e. The normalized spacial score (nSPS) is 16.9. The van der Waals surface area contributed by atoms with E-state index in [2.05, 4.69) is 5.32 Å². The largest absolute Gasteiger partial charge is 0.454 e. The third-order valence-corrected chi connectivity index (χ3v) is 7.24. The Hall–Kier alpha value is -2.74. The van der Waals surface area contributed by atoms with Crippen LogP contribution in [0.3, 0.4) is 0 Å². The molecule has 1 aromatic carbocycles. The highest BCUT2D eigenvalue weighted by Gasteiger charge is 2.40. The smallest absolute Gasteiger partial charge is 0.324 e. The Morgan fingerprint density at radius 1 is 1.31 bits per heavy atom. The lowest BCUT2D eigenvalue weighted by Gasteiger charge is -2.22. The van der Waals surface area contributed by atoms with E-state index in [1.165, 1.54) is 23.5 Å². The van der Waals surface area contributed by atoms with E-state index in [9.17, 15) is 18.0 Å². The molecule has 1 saturated heterocycles. The first-order valence-corrected chi connectivity index (χ1v) is 11.2. The Morgan fingerprint density at radius 3 is 2.72 bits per heavy atom. The number of ether oxygens (including phenoxy) is 1. The number of hydrogen-bond donors (Lipinski definition) is 1. The summed E-state index contributed by atoms with van der Waals surface area (Å²) in [7, 11) is -3.84. The second kappa shape index (κ2) is 8.73. The number of benzene rings is 1. The van der Waals surface area contributed by atoms with Crippen molar-refractivity contribution >= 4 is 38.2 Å². The summed E-state index contributed by atoms with van der Waals surface area (Å²) in [5, 5.41) is 13.5.